The number of nitrogens with zero attached hydrogens (tertiary/aromatic N) is 4. The Labute approximate surface area is 167 Å². The molecule has 2 aliphatic rings. The van der Waals surface area contributed by atoms with Gasteiger partial charge in [0.2, 0.25) is 0 Å². The predicted octanol–water partition coefficient (Wildman–Crippen LogP) is 3.76. The summed E-state index contributed by atoms with van der Waals surface area (Å²) in [6.07, 6.45) is 2.02. The molecule has 2 aliphatic heterocycles. The fourth-order valence-electron chi connectivity index (χ4n) is 3.84. The lowest BCUT2D eigenvalue weighted by molar-refractivity contribution is -0.126. The summed E-state index contributed by atoms with van der Waals surface area (Å²) >= 11 is 7.81. The highest BCUT2D eigenvalue weighted by Gasteiger charge is 2.38. The van der Waals surface area contributed by atoms with Gasteiger partial charge in [0, 0.05) is 30.1 Å². The van der Waals surface area contributed by atoms with E-state index in [1.54, 1.807) is 16.2 Å². The van der Waals surface area contributed by atoms with Crippen molar-refractivity contribution in [2.45, 2.75) is 38.6 Å². The number of fused-ring (bicyclic) bond motifs is 1. The molecule has 2 fully saturated rings. The van der Waals surface area contributed by atoms with E-state index in [4.69, 9.17) is 16.6 Å². The highest BCUT2D eigenvalue weighted by molar-refractivity contribution is 7.18. The molecule has 144 valence electrons. The van der Waals surface area contributed by atoms with Crippen LogP contribution in [0, 0.1) is 0 Å². The lowest BCUT2D eigenvalue weighted by Gasteiger charge is -2.33. The first-order chi connectivity index (χ1) is 12.9. The molecular formula is C19H23ClN4O2S. The summed E-state index contributed by atoms with van der Waals surface area (Å²) < 4.78 is 1.17. The van der Waals surface area contributed by atoms with Crippen LogP contribution in [0.4, 0.5) is 4.79 Å². The maximum absolute atomic E-state index is 12.4. The van der Waals surface area contributed by atoms with Crippen molar-refractivity contribution in [3.05, 3.63) is 28.2 Å². The molecule has 0 aliphatic carbocycles. The highest BCUT2D eigenvalue weighted by Crippen LogP contribution is 2.34. The minimum atomic E-state index is -0.167. The van der Waals surface area contributed by atoms with E-state index in [0.29, 0.717) is 12.6 Å². The number of carbonyl (C=O) groups excluding carboxylic acids is 2. The number of carbonyl (C=O) groups is 2. The summed E-state index contributed by atoms with van der Waals surface area (Å²) in [5.41, 5.74) is 0.972. The molecule has 27 heavy (non-hydrogen) atoms. The summed E-state index contributed by atoms with van der Waals surface area (Å²) in [6, 6.07) is 5.60. The van der Waals surface area contributed by atoms with Gasteiger partial charge in [0.25, 0.3) is 5.91 Å². The molecular weight excluding hydrogens is 384 g/mol. The molecule has 8 heteroatoms. The zero-order valence-corrected chi connectivity index (χ0v) is 17.1. The van der Waals surface area contributed by atoms with Crippen molar-refractivity contribution >= 4 is 45.1 Å². The van der Waals surface area contributed by atoms with Crippen LogP contribution in [0.2, 0.25) is 5.02 Å². The van der Waals surface area contributed by atoms with Gasteiger partial charge in [-0.05, 0) is 44.9 Å². The van der Waals surface area contributed by atoms with Crippen molar-refractivity contribution in [2.24, 2.45) is 0 Å². The number of benzene rings is 1. The molecule has 0 saturated carbocycles. The lowest BCUT2D eigenvalue weighted by atomic mass is 9.98. The number of aromatic nitrogens is 1. The Morgan fingerprint density at radius 1 is 1.26 bits per heavy atom. The summed E-state index contributed by atoms with van der Waals surface area (Å²) in [4.78, 5) is 34.5. The Bertz CT molecular complexity index is 876. The molecule has 0 atom stereocenters. The van der Waals surface area contributed by atoms with E-state index in [1.807, 2.05) is 32.0 Å². The van der Waals surface area contributed by atoms with Gasteiger partial charge >= 0.3 is 6.03 Å². The van der Waals surface area contributed by atoms with Gasteiger partial charge in [0.1, 0.15) is 6.54 Å². The van der Waals surface area contributed by atoms with Crippen molar-refractivity contribution in [2.75, 3.05) is 26.3 Å². The van der Waals surface area contributed by atoms with E-state index < -0.39 is 0 Å². The van der Waals surface area contributed by atoms with Crippen molar-refractivity contribution in [3.8, 4) is 0 Å². The maximum atomic E-state index is 12.4. The van der Waals surface area contributed by atoms with E-state index in [0.717, 1.165) is 36.5 Å². The topological polar surface area (TPSA) is 56.8 Å². The normalized spacial score (nSPS) is 19.9. The number of urea groups is 1. The fraction of sp³-hybridized carbons (Fsp3) is 0.526. The number of amides is 3. The van der Waals surface area contributed by atoms with Crippen LogP contribution in [0.25, 0.3) is 10.2 Å². The molecule has 0 N–H and O–H groups in total. The number of thiazole rings is 1. The smallest absolute Gasteiger partial charge is 0.302 e. The Hall–Kier alpha value is -1.70. The third-order valence-electron chi connectivity index (χ3n) is 5.26. The van der Waals surface area contributed by atoms with E-state index in [9.17, 15) is 9.59 Å². The van der Waals surface area contributed by atoms with Gasteiger partial charge in [-0.3, -0.25) is 14.6 Å². The zero-order valence-electron chi connectivity index (χ0n) is 15.5. The molecule has 3 amide bonds. The van der Waals surface area contributed by atoms with Crippen molar-refractivity contribution in [3.63, 3.8) is 0 Å². The maximum Gasteiger partial charge on any atom is 0.328 e. The number of piperidine rings is 1. The van der Waals surface area contributed by atoms with Gasteiger partial charge in [-0.15, -0.1) is 11.3 Å². The lowest BCUT2D eigenvalue weighted by Crippen LogP contribution is -2.44. The zero-order chi connectivity index (χ0) is 19.1. The quantitative estimate of drug-likeness (QED) is 0.725. The number of hydrogen-bond acceptors (Lipinski definition) is 5. The molecule has 0 spiro atoms. The second kappa shape index (κ2) is 7.37. The second-order valence-corrected chi connectivity index (χ2v) is 9.03. The van der Waals surface area contributed by atoms with Crippen LogP contribution in [0.5, 0.6) is 0 Å². The summed E-state index contributed by atoms with van der Waals surface area (Å²) in [5.74, 6) is 0.346. The van der Waals surface area contributed by atoms with Crippen LogP contribution in [-0.4, -0.2) is 64.0 Å². The first-order valence-electron chi connectivity index (χ1n) is 9.31. The molecule has 1 aromatic carbocycles. The minimum Gasteiger partial charge on any atom is -0.302 e. The van der Waals surface area contributed by atoms with Crippen molar-refractivity contribution in [1.29, 1.82) is 0 Å². The van der Waals surface area contributed by atoms with E-state index >= 15 is 0 Å². The van der Waals surface area contributed by atoms with Crippen LogP contribution in [-0.2, 0) is 4.79 Å². The van der Waals surface area contributed by atoms with Crippen molar-refractivity contribution < 1.29 is 9.59 Å². The molecule has 2 aromatic rings. The van der Waals surface area contributed by atoms with Crippen LogP contribution in [0.15, 0.2) is 18.2 Å². The number of hydrogen-bond donors (Lipinski definition) is 0. The average Bonchev–Trinajstić information content (AvgIpc) is 3.16. The number of imide groups is 1. The molecule has 0 bridgehead atoms. The Kier molecular flexibility index (Phi) is 5.09. The molecule has 4 rings (SSSR count). The van der Waals surface area contributed by atoms with Crippen LogP contribution < -0.4 is 0 Å². The van der Waals surface area contributed by atoms with E-state index in [2.05, 4.69) is 4.90 Å². The van der Waals surface area contributed by atoms with Crippen LogP contribution in [0.1, 0.15) is 37.6 Å². The van der Waals surface area contributed by atoms with E-state index in [1.165, 1.54) is 14.6 Å². The standard InChI is InChI=1S/C19H23ClN4O2S/c1-12(2)24-17(25)10-23(19(24)26)11-22-7-5-13(6-8-22)18-21-15-9-14(20)3-4-16(15)27-18/h3-4,9,12-13H,5-8,10-11H2,1-2H3. The fourth-order valence-corrected chi connectivity index (χ4v) is 5.12. The molecule has 2 saturated heterocycles. The third kappa shape index (κ3) is 3.68. The molecule has 0 radical (unpaired) electrons. The van der Waals surface area contributed by atoms with E-state index in [-0.39, 0.29) is 24.5 Å². The minimum absolute atomic E-state index is 0.0896. The van der Waals surface area contributed by atoms with Gasteiger partial charge in [-0.2, -0.15) is 0 Å². The van der Waals surface area contributed by atoms with Gasteiger partial charge in [-0.25, -0.2) is 9.78 Å². The highest BCUT2D eigenvalue weighted by atomic mass is 35.5. The summed E-state index contributed by atoms with van der Waals surface area (Å²) in [6.45, 7) is 6.26. The Balaban J connectivity index is 1.36. The van der Waals surface area contributed by atoms with Gasteiger partial charge < -0.3 is 4.90 Å². The van der Waals surface area contributed by atoms with Crippen molar-refractivity contribution in [1.82, 2.24) is 19.7 Å². The first-order valence-corrected chi connectivity index (χ1v) is 10.5. The molecule has 0 unspecified atom stereocenters. The Morgan fingerprint density at radius 2 is 2.00 bits per heavy atom. The van der Waals surface area contributed by atoms with Gasteiger partial charge in [0.05, 0.1) is 21.9 Å². The molecule has 1 aromatic heterocycles. The van der Waals surface area contributed by atoms with Crippen LogP contribution >= 0.6 is 22.9 Å². The average molecular weight is 407 g/mol. The monoisotopic (exact) mass is 406 g/mol. The SMILES string of the molecule is CC(C)N1C(=O)CN(CN2CCC(c3nc4cc(Cl)ccc4s3)CC2)C1=O. The second-order valence-electron chi connectivity index (χ2n) is 7.54. The van der Waals surface area contributed by atoms with Gasteiger partial charge in [-0.1, -0.05) is 11.6 Å². The first kappa shape index (κ1) is 18.7. The van der Waals surface area contributed by atoms with Crippen LogP contribution in [0.3, 0.4) is 0 Å². The predicted molar refractivity (Wildman–Crippen MR) is 107 cm³/mol. The largest absolute Gasteiger partial charge is 0.328 e. The summed E-state index contributed by atoms with van der Waals surface area (Å²) in [5, 5.41) is 1.89. The number of likely N-dealkylation sites (tertiary alicyclic amines) is 1. The summed E-state index contributed by atoms with van der Waals surface area (Å²) in [7, 11) is 0. The van der Waals surface area contributed by atoms with Gasteiger partial charge in [0.15, 0.2) is 0 Å². The molecule has 3 heterocycles. The molecule has 6 nitrogen and oxygen atoms in total. The third-order valence-corrected chi connectivity index (χ3v) is 6.70. The Morgan fingerprint density at radius 3 is 2.67 bits per heavy atom. The number of rotatable bonds is 4. The number of halogens is 1.